The van der Waals surface area contributed by atoms with E-state index in [0.717, 1.165) is 18.9 Å². The summed E-state index contributed by atoms with van der Waals surface area (Å²) in [5.74, 6) is 0.561. The first-order valence-corrected chi connectivity index (χ1v) is 8.00. The van der Waals surface area contributed by atoms with E-state index in [0.29, 0.717) is 31.0 Å². The van der Waals surface area contributed by atoms with Gasteiger partial charge in [0, 0.05) is 25.7 Å². The zero-order valence-electron chi connectivity index (χ0n) is 13.7. The van der Waals surface area contributed by atoms with E-state index in [4.69, 9.17) is 4.52 Å². The summed E-state index contributed by atoms with van der Waals surface area (Å²) in [7, 11) is 0. The minimum atomic E-state index is -2.75. The molecular weight excluding hydrogens is 334 g/mol. The summed E-state index contributed by atoms with van der Waals surface area (Å²) in [4.78, 5) is 29.6. The molecule has 3 rings (SSSR count). The third-order valence-corrected chi connectivity index (χ3v) is 4.46. The fourth-order valence-electron chi connectivity index (χ4n) is 2.97. The Kier molecular flexibility index (Phi) is 4.91. The number of hydrogen-bond acceptors (Lipinski definition) is 5. The highest BCUT2D eigenvalue weighted by Gasteiger charge is 2.26. The highest BCUT2D eigenvalue weighted by atomic mass is 19.3. The van der Waals surface area contributed by atoms with Crippen LogP contribution in [0.4, 0.5) is 8.78 Å². The van der Waals surface area contributed by atoms with E-state index in [1.165, 1.54) is 17.1 Å². The van der Waals surface area contributed by atoms with Crippen LogP contribution in [0, 0.1) is 12.8 Å². The average molecular weight is 352 g/mol. The van der Waals surface area contributed by atoms with Gasteiger partial charge >= 0.3 is 0 Å². The molecule has 7 nitrogen and oxygen atoms in total. The topological polar surface area (TPSA) is 81.2 Å². The van der Waals surface area contributed by atoms with Gasteiger partial charge in [-0.3, -0.25) is 14.2 Å². The Hall–Kier alpha value is -2.58. The smallest absolute Gasteiger partial charge is 0.280 e. The Balaban J connectivity index is 1.59. The number of piperidine rings is 1. The fraction of sp³-hybridized carbons (Fsp3) is 0.500. The SMILES string of the molecule is Cc1oncc1C(=O)N1CCC(Cn2cnc(C(F)F)cc2=O)CC1. The van der Waals surface area contributed by atoms with Gasteiger partial charge in [-0.2, -0.15) is 0 Å². The molecule has 0 bridgehead atoms. The number of carbonyl (C=O) groups is 1. The lowest BCUT2D eigenvalue weighted by molar-refractivity contribution is 0.0680. The van der Waals surface area contributed by atoms with Crippen LogP contribution in [0.25, 0.3) is 0 Å². The molecule has 0 aliphatic carbocycles. The summed E-state index contributed by atoms with van der Waals surface area (Å²) >= 11 is 0. The van der Waals surface area contributed by atoms with Gasteiger partial charge in [0.1, 0.15) is 17.0 Å². The van der Waals surface area contributed by atoms with Crippen molar-refractivity contribution < 1.29 is 18.1 Å². The van der Waals surface area contributed by atoms with Crippen LogP contribution in [0.15, 0.2) is 27.9 Å². The molecule has 1 aliphatic heterocycles. The summed E-state index contributed by atoms with van der Waals surface area (Å²) < 4.78 is 31.3. The van der Waals surface area contributed by atoms with E-state index >= 15 is 0 Å². The zero-order chi connectivity index (χ0) is 18.0. The van der Waals surface area contributed by atoms with Gasteiger partial charge in [0.2, 0.25) is 0 Å². The first-order valence-electron chi connectivity index (χ1n) is 8.00. The Morgan fingerprint density at radius 1 is 1.40 bits per heavy atom. The minimum absolute atomic E-state index is 0.114. The summed E-state index contributed by atoms with van der Waals surface area (Å²) in [5, 5.41) is 3.62. The quantitative estimate of drug-likeness (QED) is 0.841. The Morgan fingerprint density at radius 2 is 2.12 bits per heavy atom. The van der Waals surface area contributed by atoms with E-state index in [1.54, 1.807) is 11.8 Å². The van der Waals surface area contributed by atoms with Crippen LogP contribution >= 0.6 is 0 Å². The van der Waals surface area contributed by atoms with E-state index in [-0.39, 0.29) is 11.8 Å². The number of aryl methyl sites for hydroxylation is 1. The van der Waals surface area contributed by atoms with Crippen molar-refractivity contribution in [3.63, 3.8) is 0 Å². The fourth-order valence-corrected chi connectivity index (χ4v) is 2.97. The third-order valence-electron chi connectivity index (χ3n) is 4.46. The van der Waals surface area contributed by atoms with Crippen LogP contribution in [0.5, 0.6) is 0 Å². The number of nitrogens with zero attached hydrogens (tertiary/aromatic N) is 4. The molecule has 1 fully saturated rings. The van der Waals surface area contributed by atoms with Crippen LogP contribution in [-0.4, -0.2) is 38.6 Å². The zero-order valence-corrected chi connectivity index (χ0v) is 13.7. The number of rotatable bonds is 4. The number of likely N-dealkylation sites (tertiary alicyclic amines) is 1. The largest absolute Gasteiger partial charge is 0.361 e. The molecule has 0 N–H and O–H groups in total. The molecule has 1 amide bonds. The van der Waals surface area contributed by atoms with Gasteiger partial charge in [-0.25, -0.2) is 13.8 Å². The molecule has 0 radical (unpaired) electrons. The minimum Gasteiger partial charge on any atom is -0.361 e. The van der Waals surface area contributed by atoms with Crippen molar-refractivity contribution in [3.05, 3.63) is 46.0 Å². The molecule has 2 aromatic heterocycles. The predicted molar refractivity (Wildman–Crippen MR) is 83.3 cm³/mol. The van der Waals surface area contributed by atoms with Crippen molar-refractivity contribution in [2.75, 3.05) is 13.1 Å². The predicted octanol–water partition coefficient (Wildman–Crippen LogP) is 2.03. The van der Waals surface area contributed by atoms with Gasteiger partial charge in [-0.05, 0) is 25.7 Å². The van der Waals surface area contributed by atoms with E-state index in [2.05, 4.69) is 10.1 Å². The summed E-state index contributed by atoms with van der Waals surface area (Å²) in [5.41, 5.74) is -0.531. The molecule has 1 aliphatic rings. The van der Waals surface area contributed by atoms with Crippen LogP contribution in [0.3, 0.4) is 0 Å². The second-order valence-corrected chi connectivity index (χ2v) is 6.14. The maximum absolute atomic E-state index is 12.5. The van der Waals surface area contributed by atoms with Crippen molar-refractivity contribution in [1.82, 2.24) is 19.6 Å². The number of aromatic nitrogens is 3. The Labute approximate surface area is 142 Å². The van der Waals surface area contributed by atoms with Crippen molar-refractivity contribution >= 4 is 5.91 Å². The van der Waals surface area contributed by atoms with Crippen LogP contribution in [0.1, 0.15) is 41.1 Å². The number of alkyl halides is 2. The van der Waals surface area contributed by atoms with Crippen LogP contribution in [0.2, 0.25) is 0 Å². The molecule has 134 valence electrons. The lowest BCUT2D eigenvalue weighted by Crippen LogP contribution is -2.40. The highest BCUT2D eigenvalue weighted by Crippen LogP contribution is 2.21. The Bertz CT molecular complexity index is 810. The molecule has 0 saturated carbocycles. The first-order chi connectivity index (χ1) is 12.0. The molecular formula is C16H18F2N4O3. The lowest BCUT2D eigenvalue weighted by atomic mass is 9.96. The van der Waals surface area contributed by atoms with E-state index in [9.17, 15) is 18.4 Å². The summed E-state index contributed by atoms with van der Waals surface area (Å²) in [6.45, 7) is 3.22. The first kappa shape index (κ1) is 17.2. The molecule has 25 heavy (non-hydrogen) atoms. The summed E-state index contributed by atoms with van der Waals surface area (Å²) in [6.07, 6.45) is 1.28. The number of halogens is 2. The second kappa shape index (κ2) is 7.12. The standard InChI is InChI=1S/C16H18F2N4O3/c1-10-12(7-20-25-10)16(24)21-4-2-11(3-5-21)8-22-9-19-13(15(17)18)6-14(22)23/h6-7,9,11,15H,2-5,8H2,1H3. The third kappa shape index (κ3) is 3.75. The number of carbonyl (C=O) groups excluding carboxylic acids is 1. The van der Waals surface area contributed by atoms with Gasteiger partial charge < -0.3 is 9.42 Å². The molecule has 1 saturated heterocycles. The highest BCUT2D eigenvalue weighted by molar-refractivity contribution is 5.94. The number of hydrogen-bond donors (Lipinski definition) is 0. The average Bonchev–Trinajstić information content (AvgIpc) is 3.02. The molecule has 0 spiro atoms. The van der Waals surface area contributed by atoms with Crippen molar-refractivity contribution in [2.24, 2.45) is 5.92 Å². The van der Waals surface area contributed by atoms with Gasteiger partial charge in [0.25, 0.3) is 17.9 Å². The van der Waals surface area contributed by atoms with Crippen LogP contribution < -0.4 is 5.56 Å². The molecule has 0 atom stereocenters. The molecule has 0 aromatic carbocycles. The second-order valence-electron chi connectivity index (χ2n) is 6.14. The molecule has 3 heterocycles. The van der Waals surface area contributed by atoms with Crippen molar-refractivity contribution in [3.8, 4) is 0 Å². The van der Waals surface area contributed by atoms with Gasteiger partial charge in [0.15, 0.2) is 0 Å². The van der Waals surface area contributed by atoms with Gasteiger partial charge in [-0.15, -0.1) is 0 Å². The monoisotopic (exact) mass is 352 g/mol. The maximum Gasteiger partial charge on any atom is 0.280 e. The lowest BCUT2D eigenvalue weighted by Gasteiger charge is -2.32. The Morgan fingerprint density at radius 3 is 2.68 bits per heavy atom. The van der Waals surface area contributed by atoms with Crippen molar-refractivity contribution in [1.29, 1.82) is 0 Å². The van der Waals surface area contributed by atoms with Gasteiger partial charge in [-0.1, -0.05) is 5.16 Å². The normalized spacial score (nSPS) is 15.8. The van der Waals surface area contributed by atoms with E-state index in [1.807, 2.05) is 0 Å². The molecule has 2 aromatic rings. The van der Waals surface area contributed by atoms with Crippen LogP contribution in [-0.2, 0) is 6.54 Å². The summed E-state index contributed by atoms with van der Waals surface area (Å²) in [6, 6.07) is 0.873. The molecule has 9 heteroatoms. The number of amides is 1. The van der Waals surface area contributed by atoms with E-state index < -0.39 is 17.7 Å². The maximum atomic E-state index is 12.5. The van der Waals surface area contributed by atoms with Gasteiger partial charge in [0.05, 0.1) is 12.5 Å². The molecule has 0 unspecified atom stereocenters. The van der Waals surface area contributed by atoms with Crippen molar-refractivity contribution in [2.45, 2.75) is 32.7 Å².